The first-order valence-electron chi connectivity index (χ1n) is 7.38. The smallest absolute Gasteiger partial charge is 0.106 e. The third kappa shape index (κ3) is 3.60. The van der Waals surface area contributed by atoms with Crippen LogP contribution in [0.4, 0.5) is 0 Å². The zero-order valence-electron chi connectivity index (χ0n) is 12.8. The number of pyridine rings is 2. The van der Waals surface area contributed by atoms with Gasteiger partial charge in [0, 0.05) is 35.6 Å². The molecular weight excluding hydrogens is 342 g/mol. The van der Waals surface area contributed by atoms with Crippen molar-refractivity contribution in [3.05, 3.63) is 71.1 Å². The molecule has 0 radical (unpaired) electrons. The molecule has 0 aliphatic carbocycles. The molecule has 122 valence electrons. The fraction of sp³-hybridized carbons (Fsp3) is 0.111. The summed E-state index contributed by atoms with van der Waals surface area (Å²) in [6.07, 6.45) is 5.19. The van der Waals surface area contributed by atoms with Crippen molar-refractivity contribution in [1.29, 1.82) is 0 Å². The molecule has 2 heterocycles. The van der Waals surface area contributed by atoms with Crippen molar-refractivity contribution in [2.75, 3.05) is 0 Å². The first-order chi connectivity index (χ1) is 11.7. The van der Waals surface area contributed by atoms with Crippen molar-refractivity contribution in [1.82, 2.24) is 9.97 Å². The van der Waals surface area contributed by atoms with Crippen LogP contribution in [0.15, 0.2) is 64.9 Å². The summed E-state index contributed by atoms with van der Waals surface area (Å²) >= 11 is 7.95. The molecule has 0 fully saturated rings. The highest BCUT2D eigenvalue weighted by atomic mass is 35.5. The molecule has 0 amide bonds. The Hall–Kier alpha value is -1.92. The molecule has 0 aliphatic heterocycles. The van der Waals surface area contributed by atoms with E-state index in [1.165, 1.54) is 11.8 Å². The van der Waals surface area contributed by atoms with E-state index >= 15 is 0 Å². The summed E-state index contributed by atoms with van der Waals surface area (Å²) in [7, 11) is 0. The Morgan fingerprint density at radius 2 is 1.83 bits per heavy atom. The maximum atomic E-state index is 9.47. The molecule has 3 N–H and O–H groups in total. The molecule has 0 aliphatic rings. The Bertz CT molecular complexity index is 843. The van der Waals surface area contributed by atoms with Crippen LogP contribution in [0.3, 0.4) is 0 Å². The summed E-state index contributed by atoms with van der Waals surface area (Å²) in [6.45, 7) is 0.295. The third-order valence-electron chi connectivity index (χ3n) is 3.57. The van der Waals surface area contributed by atoms with Crippen LogP contribution in [0.1, 0.15) is 11.1 Å². The van der Waals surface area contributed by atoms with Crippen molar-refractivity contribution in [3.63, 3.8) is 0 Å². The van der Waals surface area contributed by atoms with Crippen LogP contribution in [0, 0.1) is 0 Å². The Kier molecular flexibility index (Phi) is 5.48. The second-order valence-corrected chi connectivity index (χ2v) is 6.52. The number of aromatic nitrogens is 2. The number of hydrogen-bond donors (Lipinski definition) is 2. The lowest BCUT2D eigenvalue weighted by Crippen LogP contribution is -2.00. The van der Waals surface area contributed by atoms with Crippen LogP contribution in [-0.4, -0.2) is 15.1 Å². The standard InChI is InChI=1S/C18H16ClN3OS/c19-16-9-14(12-3-6-21-7-4-12)8-15(10-20)17(16)24-18-13(11-23)2-1-5-22-18/h1-9,23H,10-11,20H2. The van der Waals surface area contributed by atoms with Gasteiger partial charge in [-0.1, -0.05) is 29.4 Å². The summed E-state index contributed by atoms with van der Waals surface area (Å²) in [5.41, 5.74) is 9.67. The Balaban J connectivity index is 2.02. The number of rotatable bonds is 5. The number of benzene rings is 1. The summed E-state index contributed by atoms with van der Waals surface area (Å²) in [5.74, 6) is 0. The van der Waals surface area contributed by atoms with Gasteiger partial charge in [-0.15, -0.1) is 0 Å². The number of aliphatic hydroxyl groups excluding tert-OH is 1. The summed E-state index contributed by atoms with van der Waals surface area (Å²) < 4.78 is 0. The van der Waals surface area contributed by atoms with E-state index in [0.29, 0.717) is 11.6 Å². The van der Waals surface area contributed by atoms with Crippen molar-refractivity contribution in [2.45, 2.75) is 23.1 Å². The van der Waals surface area contributed by atoms with Gasteiger partial charge < -0.3 is 10.8 Å². The maximum absolute atomic E-state index is 9.47. The Morgan fingerprint density at radius 1 is 1.04 bits per heavy atom. The van der Waals surface area contributed by atoms with Crippen LogP contribution in [-0.2, 0) is 13.2 Å². The lowest BCUT2D eigenvalue weighted by Gasteiger charge is -2.13. The molecular formula is C18H16ClN3OS. The van der Waals surface area contributed by atoms with Gasteiger partial charge in [0.15, 0.2) is 0 Å². The van der Waals surface area contributed by atoms with Gasteiger partial charge in [0.1, 0.15) is 5.03 Å². The van der Waals surface area contributed by atoms with E-state index in [1.807, 2.05) is 30.3 Å². The monoisotopic (exact) mass is 357 g/mol. The quantitative estimate of drug-likeness (QED) is 0.724. The lowest BCUT2D eigenvalue weighted by molar-refractivity contribution is 0.278. The number of nitrogens with two attached hydrogens (primary N) is 1. The predicted octanol–water partition coefficient (Wildman–Crippen LogP) is 3.90. The molecule has 0 bridgehead atoms. The van der Waals surface area contributed by atoms with Crippen molar-refractivity contribution in [2.24, 2.45) is 5.73 Å². The maximum Gasteiger partial charge on any atom is 0.106 e. The molecule has 6 heteroatoms. The molecule has 0 saturated carbocycles. The summed E-state index contributed by atoms with van der Waals surface area (Å²) in [6, 6.07) is 11.5. The molecule has 24 heavy (non-hydrogen) atoms. The Labute approximate surface area is 149 Å². The van der Waals surface area contributed by atoms with Gasteiger partial charge in [-0.25, -0.2) is 4.98 Å². The van der Waals surface area contributed by atoms with Crippen molar-refractivity contribution >= 4 is 23.4 Å². The van der Waals surface area contributed by atoms with Gasteiger partial charge in [0.05, 0.1) is 11.6 Å². The second-order valence-electron chi connectivity index (χ2n) is 5.11. The minimum absolute atomic E-state index is 0.0686. The highest BCUT2D eigenvalue weighted by Crippen LogP contribution is 2.39. The van der Waals surface area contributed by atoms with Gasteiger partial charge in [0.2, 0.25) is 0 Å². The van der Waals surface area contributed by atoms with Crippen molar-refractivity contribution in [3.8, 4) is 11.1 Å². The topological polar surface area (TPSA) is 72.0 Å². The number of aliphatic hydroxyl groups is 1. The third-order valence-corrected chi connectivity index (χ3v) is 5.23. The first-order valence-corrected chi connectivity index (χ1v) is 8.58. The minimum Gasteiger partial charge on any atom is -0.392 e. The van der Waals surface area contributed by atoms with Crippen LogP contribution in [0.5, 0.6) is 0 Å². The first kappa shape index (κ1) is 16.9. The van der Waals surface area contributed by atoms with E-state index < -0.39 is 0 Å². The highest BCUT2D eigenvalue weighted by molar-refractivity contribution is 7.99. The molecule has 3 aromatic rings. The van der Waals surface area contributed by atoms with E-state index in [9.17, 15) is 5.11 Å². The second kappa shape index (κ2) is 7.77. The summed E-state index contributed by atoms with van der Waals surface area (Å²) in [5, 5.41) is 10.8. The molecule has 0 saturated heterocycles. The molecule has 2 aromatic heterocycles. The molecule has 1 aromatic carbocycles. The van der Waals surface area contributed by atoms with Gasteiger partial charge in [-0.3, -0.25) is 4.98 Å². The van der Waals surface area contributed by atoms with Crippen LogP contribution in [0.2, 0.25) is 5.02 Å². The van der Waals surface area contributed by atoms with Gasteiger partial charge in [-0.2, -0.15) is 0 Å². The average Bonchev–Trinajstić information content (AvgIpc) is 2.64. The van der Waals surface area contributed by atoms with Crippen LogP contribution >= 0.6 is 23.4 Å². The van der Waals surface area contributed by atoms with Crippen LogP contribution < -0.4 is 5.73 Å². The minimum atomic E-state index is -0.0686. The van der Waals surface area contributed by atoms with E-state index in [1.54, 1.807) is 24.7 Å². The normalized spacial score (nSPS) is 10.8. The predicted molar refractivity (Wildman–Crippen MR) is 96.9 cm³/mol. The van der Waals surface area contributed by atoms with Gasteiger partial charge in [-0.05, 0) is 47.0 Å². The largest absolute Gasteiger partial charge is 0.392 e. The molecule has 0 atom stereocenters. The number of hydrogen-bond acceptors (Lipinski definition) is 5. The number of halogens is 1. The SMILES string of the molecule is NCc1cc(-c2ccncc2)cc(Cl)c1Sc1ncccc1CO. The summed E-state index contributed by atoms with van der Waals surface area (Å²) in [4.78, 5) is 9.24. The van der Waals surface area contributed by atoms with E-state index in [4.69, 9.17) is 17.3 Å². The van der Waals surface area contributed by atoms with Crippen molar-refractivity contribution < 1.29 is 5.11 Å². The number of nitrogens with zero attached hydrogens (tertiary/aromatic N) is 2. The zero-order valence-corrected chi connectivity index (χ0v) is 14.4. The van der Waals surface area contributed by atoms with E-state index in [-0.39, 0.29) is 6.61 Å². The average molecular weight is 358 g/mol. The fourth-order valence-corrected chi connectivity index (χ4v) is 3.72. The molecule has 0 spiro atoms. The Morgan fingerprint density at radius 3 is 2.54 bits per heavy atom. The zero-order chi connectivity index (χ0) is 16.9. The van der Waals surface area contributed by atoms with E-state index in [2.05, 4.69) is 9.97 Å². The van der Waals surface area contributed by atoms with Gasteiger partial charge in [0.25, 0.3) is 0 Å². The highest BCUT2D eigenvalue weighted by Gasteiger charge is 2.14. The molecule has 0 unspecified atom stereocenters. The lowest BCUT2D eigenvalue weighted by atomic mass is 10.0. The fourth-order valence-electron chi connectivity index (χ4n) is 2.36. The van der Waals surface area contributed by atoms with E-state index in [0.717, 1.165) is 32.2 Å². The van der Waals surface area contributed by atoms with Crippen LogP contribution in [0.25, 0.3) is 11.1 Å². The molecule has 3 rings (SSSR count). The van der Waals surface area contributed by atoms with Gasteiger partial charge >= 0.3 is 0 Å². The molecule has 4 nitrogen and oxygen atoms in total.